The molecule has 5 nitrogen and oxygen atoms in total. The number of aryl methyl sites for hydroxylation is 2. The number of hydrogen-bond acceptors (Lipinski definition) is 4. The first-order chi connectivity index (χ1) is 10.6. The fourth-order valence-electron chi connectivity index (χ4n) is 3.03. The zero-order valence-corrected chi connectivity index (χ0v) is 14.0. The molecule has 1 amide bonds. The van der Waals surface area contributed by atoms with Gasteiger partial charge in [-0.25, -0.2) is 4.98 Å². The van der Waals surface area contributed by atoms with Gasteiger partial charge in [0.25, 0.3) is 0 Å². The van der Waals surface area contributed by atoms with Gasteiger partial charge in [-0.15, -0.1) is 11.3 Å². The molecule has 0 unspecified atom stereocenters. The van der Waals surface area contributed by atoms with Crippen molar-refractivity contribution in [3.05, 3.63) is 34.0 Å². The van der Waals surface area contributed by atoms with Crippen molar-refractivity contribution in [1.82, 2.24) is 19.7 Å². The van der Waals surface area contributed by atoms with E-state index in [9.17, 15) is 4.79 Å². The van der Waals surface area contributed by atoms with Gasteiger partial charge in [0.05, 0.1) is 11.2 Å². The molecule has 0 aliphatic carbocycles. The summed E-state index contributed by atoms with van der Waals surface area (Å²) in [5, 5.41) is 7.42. The van der Waals surface area contributed by atoms with E-state index in [0.29, 0.717) is 12.3 Å². The van der Waals surface area contributed by atoms with Gasteiger partial charge in [-0.2, -0.15) is 5.10 Å². The second-order valence-electron chi connectivity index (χ2n) is 5.93. The molecule has 22 heavy (non-hydrogen) atoms. The van der Waals surface area contributed by atoms with E-state index >= 15 is 0 Å². The molecule has 1 saturated heterocycles. The van der Waals surface area contributed by atoms with Crippen LogP contribution in [-0.2, 0) is 18.3 Å². The van der Waals surface area contributed by atoms with E-state index in [1.807, 2.05) is 41.3 Å². The number of carbonyl (C=O) groups excluding carboxylic acids is 1. The lowest BCUT2D eigenvalue weighted by atomic mass is 9.98. The molecule has 0 bridgehead atoms. The lowest BCUT2D eigenvalue weighted by Gasteiger charge is -2.32. The maximum atomic E-state index is 12.5. The summed E-state index contributed by atoms with van der Waals surface area (Å²) in [6.07, 6.45) is 7.28. The average molecular weight is 318 g/mol. The highest BCUT2D eigenvalue weighted by Crippen LogP contribution is 2.28. The molecule has 2 aromatic heterocycles. The van der Waals surface area contributed by atoms with Crippen molar-refractivity contribution >= 4 is 17.2 Å². The van der Waals surface area contributed by atoms with Crippen LogP contribution in [0.15, 0.2) is 17.8 Å². The zero-order chi connectivity index (χ0) is 15.5. The number of hydrogen-bond donors (Lipinski definition) is 0. The Hall–Kier alpha value is -1.69. The van der Waals surface area contributed by atoms with Gasteiger partial charge in [-0.05, 0) is 31.7 Å². The predicted octanol–water partition coefficient (Wildman–Crippen LogP) is 2.52. The molecule has 0 radical (unpaired) electrons. The van der Waals surface area contributed by atoms with E-state index in [-0.39, 0.29) is 5.91 Å². The number of aromatic nitrogens is 3. The number of rotatable bonds is 4. The molecule has 3 heterocycles. The van der Waals surface area contributed by atoms with Crippen molar-refractivity contribution in [2.75, 3.05) is 13.1 Å². The van der Waals surface area contributed by atoms with Gasteiger partial charge in [0.1, 0.15) is 0 Å². The fourth-order valence-corrected chi connectivity index (χ4v) is 3.80. The summed E-state index contributed by atoms with van der Waals surface area (Å²) < 4.78 is 1.86. The van der Waals surface area contributed by atoms with Gasteiger partial charge in [-0.3, -0.25) is 9.48 Å². The van der Waals surface area contributed by atoms with Crippen LogP contribution in [0.2, 0.25) is 0 Å². The second kappa shape index (κ2) is 6.60. The van der Waals surface area contributed by atoms with Crippen molar-refractivity contribution in [1.29, 1.82) is 0 Å². The summed E-state index contributed by atoms with van der Waals surface area (Å²) >= 11 is 1.70. The summed E-state index contributed by atoms with van der Waals surface area (Å²) in [6.45, 7) is 3.75. The zero-order valence-electron chi connectivity index (χ0n) is 13.2. The van der Waals surface area contributed by atoms with Gasteiger partial charge in [0, 0.05) is 49.7 Å². The Bertz CT molecular complexity index is 635. The summed E-state index contributed by atoms with van der Waals surface area (Å²) in [7, 11) is 1.93. The summed E-state index contributed by atoms with van der Waals surface area (Å²) in [5.41, 5.74) is 2.32. The van der Waals surface area contributed by atoms with Gasteiger partial charge >= 0.3 is 0 Å². The van der Waals surface area contributed by atoms with Crippen LogP contribution in [-0.4, -0.2) is 38.7 Å². The highest BCUT2D eigenvalue weighted by atomic mass is 32.1. The van der Waals surface area contributed by atoms with Crippen LogP contribution in [0, 0.1) is 6.92 Å². The summed E-state index contributed by atoms with van der Waals surface area (Å²) in [6, 6.07) is 0. The first-order valence-corrected chi connectivity index (χ1v) is 8.67. The SMILES string of the molecule is Cc1c(CCC(=O)N2CCC[C@H](c3nccs3)C2)cnn1C. The van der Waals surface area contributed by atoms with Crippen LogP contribution in [0.1, 0.15) is 41.4 Å². The molecular weight excluding hydrogens is 296 g/mol. The Kier molecular flexibility index (Phi) is 4.57. The van der Waals surface area contributed by atoms with Crippen LogP contribution in [0.25, 0.3) is 0 Å². The highest BCUT2D eigenvalue weighted by molar-refractivity contribution is 7.09. The number of piperidine rings is 1. The Labute approximate surface area is 135 Å². The molecule has 2 aromatic rings. The first kappa shape index (κ1) is 15.2. The normalized spacial score (nSPS) is 18.6. The topological polar surface area (TPSA) is 51.0 Å². The molecule has 0 N–H and O–H groups in total. The molecular formula is C16H22N4OS. The standard InChI is InChI=1S/C16H22N4OS/c1-12-13(10-18-19(12)2)5-6-15(21)20-8-3-4-14(11-20)16-17-7-9-22-16/h7,9-10,14H,3-6,8,11H2,1-2H3/t14-/m0/s1. The van der Waals surface area contributed by atoms with Crippen molar-refractivity contribution < 1.29 is 4.79 Å². The third-order valence-corrected chi connectivity index (χ3v) is 5.46. The number of likely N-dealkylation sites (tertiary alicyclic amines) is 1. The summed E-state index contributed by atoms with van der Waals surface area (Å²) in [5.74, 6) is 0.669. The second-order valence-corrected chi connectivity index (χ2v) is 6.85. The molecule has 0 aromatic carbocycles. The van der Waals surface area contributed by atoms with E-state index in [0.717, 1.165) is 38.0 Å². The number of carbonyl (C=O) groups is 1. The minimum Gasteiger partial charge on any atom is -0.342 e. The predicted molar refractivity (Wildman–Crippen MR) is 86.9 cm³/mol. The van der Waals surface area contributed by atoms with Gasteiger partial charge in [0.2, 0.25) is 5.91 Å². The average Bonchev–Trinajstić information content (AvgIpc) is 3.17. The Morgan fingerprint density at radius 3 is 3.05 bits per heavy atom. The Balaban J connectivity index is 1.56. The van der Waals surface area contributed by atoms with Crippen LogP contribution in [0.4, 0.5) is 0 Å². The van der Waals surface area contributed by atoms with Crippen LogP contribution in [0.3, 0.4) is 0 Å². The molecule has 1 aliphatic rings. The van der Waals surface area contributed by atoms with Crippen LogP contribution >= 0.6 is 11.3 Å². The maximum absolute atomic E-state index is 12.5. The minimum absolute atomic E-state index is 0.254. The van der Waals surface area contributed by atoms with Crippen molar-refractivity contribution in [3.8, 4) is 0 Å². The molecule has 6 heteroatoms. The Morgan fingerprint density at radius 2 is 2.36 bits per heavy atom. The van der Waals surface area contributed by atoms with Crippen molar-refractivity contribution in [2.45, 2.75) is 38.5 Å². The van der Waals surface area contributed by atoms with Gasteiger partial charge in [-0.1, -0.05) is 0 Å². The van der Waals surface area contributed by atoms with Crippen LogP contribution in [0.5, 0.6) is 0 Å². The number of amides is 1. The molecule has 1 aliphatic heterocycles. The smallest absolute Gasteiger partial charge is 0.222 e. The lowest BCUT2D eigenvalue weighted by molar-refractivity contribution is -0.132. The molecule has 0 spiro atoms. The minimum atomic E-state index is 0.254. The number of nitrogens with zero attached hydrogens (tertiary/aromatic N) is 4. The molecule has 1 fully saturated rings. The Morgan fingerprint density at radius 1 is 1.50 bits per heavy atom. The monoisotopic (exact) mass is 318 g/mol. The molecule has 118 valence electrons. The summed E-state index contributed by atoms with van der Waals surface area (Å²) in [4.78, 5) is 18.9. The number of thiazole rings is 1. The van der Waals surface area contributed by atoms with E-state index in [2.05, 4.69) is 10.1 Å². The molecule has 0 saturated carbocycles. The van der Waals surface area contributed by atoms with E-state index in [1.165, 1.54) is 10.6 Å². The first-order valence-electron chi connectivity index (χ1n) is 7.80. The van der Waals surface area contributed by atoms with Crippen molar-refractivity contribution in [2.24, 2.45) is 7.05 Å². The lowest BCUT2D eigenvalue weighted by Crippen LogP contribution is -2.39. The third kappa shape index (κ3) is 3.21. The maximum Gasteiger partial charge on any atom is 0.222 e. The van der Waals surface area contributed by atoms with E-state index < -0.39 is 0 Å². The quantitative estimate of drug-likeness (QED) is 0.870. The largest absolute Gasteiger partial charge is 0.342 e. The van der Waals surface area contributed by atoms with Crippen molar-refractivity contribution in [3.63, 3.8) is 0 Å². The van der Waals surface area contributed by atoms with E-state index in [1.54, 1.807) is 11.3 Å². The highest BCUT2D eigenvalue weighted by Gasteiger charge is 2.26. The van der Waals surface area contributed by atoms with Gasteiger partial charge in [0.15, 0.2) is 0 Å². The fraction of sp³-hybridized carbons (Fsp3) is 0.562. The molecule has 3 rings (SSSR count). The van der Waals surface area contributed by atoms with Crippen LogP contribution < -0.4 is 0 Å². The molecule has 1 atom stereocenters. The van der Waals surface area contributed by atoms with E-state index in [4.69, 9.17) is 0 Å². The third-order valence-electron chi connectivity index (χ3n) is 4.52. The van der Waals surface area contributed by atoms with Gasteiger partial charge < -0.3 is 4.90 Å².